The highest BCUT2D eigenvalue weighted by Gasteiger charge is 2.27. The molecule has 1 saturated heterocycles. The van der Waals surface area contributed by atoms with Crippen LogP contribution in [0.25, 0.3) is 0 Å². The van der Waals surface area contributed by atoms with E-state index in [9.17, 15) is 13.6 Å². The normalized spacial score (nSPS) is 16.5. The van der Waals surface area contributed by atoms with Crippen molar-refractivity contribution in [3.05, 3.63) is 29.8 Å². The fourth-order valence-electron chi connectivity index (χ4n) is 3.03. The Balaban J connectivity index is 0.00000392. The highest BCUT2D eigenvalue weighted by molar-refractivity contribution is 14.0. The average molecular weight is 510 g/mol. The number of benzene rings is 1. The van der Waals surface area contributed by atoms with Crippen LogP contribution in [0, 0.1) is 11.6 Å². The molecule has 0 aliphatic carbocycles. The molecule has 0 spiro atoms. The van der Waals surface area contributed by atoms with Gasteiger partial charge in [-0.05, 0) is 38.8 Å². The number of rotatable bonds is 8. The summed E-state index contributed by atoms with van der Waals surface area (Å²) >= 11 is 0. The lowest BCUT2D eigenvalue weighted by Crippen LogP contribution is -2.44. The van der Waals surface area contributed by atoms with Gasteiger partial charge in [0.15, 0.2) is 5.96 Å². The molecule has 2 N–H and O–H groups in total. The van der Waals surface area contributed by atoms with Gasteiger partial charge < -0.3 is 20.3 Å². The van der Waals surface area contributed by atoms with E-state index < -0.39 is 11.6 Å². The lowest BCUT2D eigenvalue weighted by molar-refractivity contribution is -0.143. The van der Waals surface area contributed by atoms with E-state index in [0.717, 1.165) is 6.42 Å². The van der Waals surface area contributed by atoms with Gasteiger partial charge in [-0.3, -0.25) is 9.79 Å². The Kier molecular flexibility index (Phi) is 11.1. The molecule has 1 fully saturated rings. The molecular formula is C19H29F2IN4O2. The first-order valence-electron chi connectivity index (χ1n) is 9.44. The van der Waals surface area contributed by atoms with Crippen molar-refractivity contribution in [1.82, 2.24) is 10.6 Å². The molecule has 1 aliphatic rings. The Morgan fingerprint density at radius 3 is 2.68 bits per heavy atom. The zero-order valence-corrected chi connectivity index (χ0v) is 18.7. The minimum atomic E-state index is -0.546. The number of halogens is 3. The lowest BCUT2D eigenvalue weighted by Gasteiger charge is -2.21. The zero-order valence-electron chi connectivity index (χ0n) is 16.3. The van der Waals surface area contributed by atoms with Crippen LogP contribution in [0.1, 0.15) is 33.1 Å². The number of nitrogens with zero attached hydrogens (tertiary/aromatic N) is 2. The number of carbonyl (C=O) groups is 1. The molecule has 158 valence electrons. The van der Waals surface area contributed by atoms with Crippen molar-refractivity contribution in [3.63, 3.8) is 0 Å². The van der Waals surface area contributed by atoms with Gasteiger partial charge in [-0.25, -0.2) is 8.78 Å². The van der Waals surface area contributed by atoms with Crippen molar-refractivity contribution in [2.75, 3.05) is 37.7 Å². The van der Waals surface area contributed by atoms with Gasteiger partial charge in [-0.2, -0.15) is 0 Å². The van der Waals surface area contributed by atoms with Crippen molar-refractivity contribution in [1.29, 1.82) is 0 Å². The Morgan fingerprint density at radius 1 is 1.32 bits per heavy atom. The van der Waals surface area contributed by atoms with E-state index in [-0.39, 0.29) is 41.7 Å². The number of aliphatic imine (C=N–C) groups is 1. The minimum absolute atomic E-state index is 0. The molecule has 28 heavy (non-hydrogen) atoms. The lowest BCUT2D eigenvalue weighted by atomic mass is 10.2. The average Bonchev–Trinajstić information content (AvgIpc) is 3.07. The molecule has 0 amide bonds. The zero-order chi connectivity index (χ0) is 19.6. The first kappa shape index (κ1) is 24.4. The Bertz CT molecular complexity index is 641. The maximum Gasteiger partial charge on any atom is 0.305 e. The van der Waals surface area contributed by atoms with Gasteiger partial charge >= 0.3 is 5.97 Å². The highest BCUT2D eigenvalue weighted by atomic mass is 127. The third-order valence-electron chi connectivity index (χ3n) is 4.24. The molecule has 0 saturated carbocycles. The standard InChI is InChI=1S/C19H28F2N4O2.HI/c1-3-22-19(23-11-6-9-17(26)27-4-2)24-14-10-12-25(13-14)18-15(20)7-5-8-16(18)21;/h5,7-8,14H,3-4,6,9-13H2,1-2H3,(H2,22,23,24);1H. The molecule has 6 nitrogen and oxygen atoms in total. The van der Waals surface area contributed by atoms with Gasteiger partial charge in [0.2, 0.25) is 0 Å². The Hall–Kier alpha value is -1.65. The fourth-order valence-corrected chi connectivity index (χ4v) is 3.03. The number of ether oxygens (including phenoxy) is 1. The Labute approximate surface area is 182 Å². The molecule has 1 aliphatic heterocycles. The van der Waals surface area contributed by atoms with Crippen LogP contribution in [-0.2, 0) is 9.53 Å². The fraction of sp³-hybridized carbons (Fsp3) is 0.579. The number of para-hydroxylation sites is 1. The summed E-state index contributed by atoms with van der Waals surface area (Å²) in [6.45, 7) is 6.37. The van der Waals surface area contributed by atoms with Crippen molar-refractivity contribution in [2.45, 2.75) is 39.2 Å². The van der Waals surface area contributed by atoms with Crippen molar-refractivity contribution in [2.24, 2.45) is 4.99 Å². The quantitative estimate of drug-likeness (QED) is 0.185. The molecule has 1 aromatic carbocycles. The highest BCUT2D eigenvalue weighted by Crippen LogP contribution is 2.26. The summed E-state index contributed by atoms with van der Waals surface area (Å²) in [7, 11) is 0. The summed E-state index contributed by atoms with van der Waals surface area (Å²) < 4.78 is 32.8. The van der Waals surface area contributed by atoms with Crippen molar-refractivity contribution >= 4 is 41.6 Å². The van der Waals surface area contributed by atoms with Crippen molar-refractivity contribution in [3.8, 4) is 0 Å². The van der Waals surface area contributed by atoms with E-state index in [1.165, 1.54) is 18.2 Å². The van der Waals surface area contributed by atoms with Gasteiger partial charge in [0.05, 0.1) is 6.61 Å². The van der Waals surface area contributed by atoms with Gasteiger partial charge in [-0.1, -0.05) is 6.07 Å². The maximum absolute atomic E-state index is 14.0. The summed E-state index contributed by atoms with van der Waals surface area (Å²) in [6.07, 6.45) is 1.69. The molecule has 1 aromatic rings. The van der Waals surface area contributed by atoms with Gasteiger partial charge in [0, 0.05) is 38.6 Å². The van der Waals surface area contributed by atoms with E-state index in [2.05, 4.69) is 15.6 Å². The number of guanidine groups is 1. The monoisotopic (exact) mass is 510 g/mol. The van der Waals surface area contributed by atoms with E-state index >= 15 is 0 Å². The first-order chi connectivity index (χ1) is 13.0. The molecule has 0 aromatic heterocycles. The van der Waals surface area contributed by atoms with E-state index in [0.29, 0.717) is 51.6 Å². The summed E-state index contributed by atoms with van der Waals surface area (Å²) in [5.41, 5.74) is 0.0261. The van der Waals surface area contributed by atoms with Crippen LogP contribution < -0.4 is 15.5 Å². The summed E-state index contributed by atoms with van der Waals surface area (Å²) in [5, 5.41) is 6.46. The van der Waals surface area contributed by atoms with Crippen LogP contribution in [0.5, 0.6) is 0 Å². The molecule has 1 unspecified atom stereocenters. The van der Waals surface area contributed by atoms with Crippen LogP contribution in [-0.4, -0.2) is 50.8 Å². The number of nitrogens with one attached hydrogen (secondary N) is 2. The number of hydrogen-bond acceptors (Lipinski definition) is 4. The molecule has 1 atom stereocenters. The summed E-state index contributed by atoms with van der Waals surface area (Å²) in [6, 6.07) is 3.95. The number of carbonyl (C=O) groups excluding carboxylic acids is 1. The SMILES string of the molecule is CCNC(=NCCCC(=O)OCC)NC1CCN(c2c(F)cccc2F)C1.I. The summed E-state index contributed by atoms with van der Waals surface area (Å²) in [5.74, 6) is -0.670. The molecule has 1 heterocycles. The van der Waals surface area contributed by atoms with Crippen LogP contribution >= 0.6 is 24.0 Å². The third kappa shape index (κ3) is 7.40. The number of hydrogen-bond donors (Lipinski definition) is 2. The summed E-state index contributed by atoms with van der Waals surface area (Å²) in [4.78, 5) is 17.5. The smallest absolute Gasteiger partial charge is 0.305 e. The number of anilines is 1. The molecule has 0 radical (unpaired) electrons. The third-order valence-corrected chi connectivity index (χ3v) is 4.24. The van der Waals surface area contributed by atoms with Crippen LogP contribution in [0.2, 0.25) is 0 Å². The van der Waals surface area contributed by atoms with Crippen molar-refractivity contribution < 1.29 is 18.3 Å². The largest absolute Gasteiger partial charge is 0.466 e. The molecule has 9 heteroatoms. The van der Waals surface area contributed by atoms with Crippen LogP contribution in [0.15, 0.2) is 23.2 Å². The topological polar surface area (TPSA) is 66.0 Å². The maximum atomic E-state index is 14.0. The van der Waals surface area contributed by atoms with E-state index in [1.54, 1.807) is 11.8 Å². The predicted molar refractivity (Wildman–Crippen MR) is 117 cm³/mol. The molecular weight excluding hydrogens is 481 g/mol. The van der Waals surface area contributed by atoms with Crippen LogP contribution in [0.4, 0.5) is 14.5 Å². The number of esters is 1. The second-order valence-electron chi connectivity index (χ2n) is 6.32. The van der Waals surface area contributed by atoms with E-state index in [1.807, 2.05) is 6.92 Å². The molecule has 0 bridgehead atoms. The minimum Gasteiger partial charge on any atom is -0.466 e. The van der Waals surface area contributed by atoms with Gasteiger partial charge in [0.1, 0.15) is 17.3 Å². The Morgan fingerprint density at radius 2 is 2.04 bits per heavy atom. The van der Waals surface area contributed by atoms with E-state index in [4.69, 9.17) is 4.74 Å². The van der Waals surface area contributed by atoms with Crippen LogP contribution in [0.3, 0.4) is 0 Å². The second kappa shape index (κ2) is 12.7. The van der Waals surface area contributed by atoms with Gasteiger partial charge in [0.25, 0.3) is 0 Å². The first-order valence-corrected chi connectivity index (χ1v) is 9.44. The van der Waals surface area contributed by atoms with Gasteiger partial charge in [-0.15, -0.1) is 24.0 Å². The predicted octanol–water partition coefficient (Wildman–Crippen LogP) is 3.06. The molecule has 2 rings (SSSR count). The second-order valence-corrected chi connectivity index (χ2v) is 6.32.